The molecule has 2 rings (SSSR count). The summed E-state index contributed by atoms with van der Waals surface area (Å²) in [5.74, 6) is -2.27. The van der Waals surface area contributed by atoms with Crippen molar-refractivity contribution in [3.05, 3.63) is 49.9 Å². The summed E-state index contributed by atoms with van der Waals surface area (Å²) in [5, 5.41) is 11.7. The van der Waals surface area contributed by atoms with Crippen LogP contribution in [-0.4, -0.2) is 29.1 Å². The minimum absolute atomic E-state index is 0.0206. The van der Waals surface area contributed by atoms with Crippen molar-refractivity contribution in [3.63, 3.8) is 0 Å². The molecule has 0 spiro atoms. The molecule has 0 saturated heterocycles. The Morgan fingerprint density at radius 1 is 1.17 bits per heavy atom. The van der Waals surface area contributed by atoms with Gasteiger partial charge in [0.15, 0.2) is 10.8 Å². The summed E-state index contributed by atoms with van der Waals surface area (Å²) in [6, 6.07) is 3.69. The minimum atomic E-state index is -0.853. The zero-order valence-corrected chi connectivity index (χ0v) is 14.6. The average molecular weight is 422 g/mol. The second-order valence-electron chi connectivity index (χ2n) is 4.21. The molecular weight excluding hydrogens is 414 g/mol. The Labute approximate surface area is 148 Å². The van der Waals surface area contributed by atoms with E-state index in [0.717, 1.165) is 6.07 Å². The molecule has 0 saturated carbocycles. The molecule has 0 bridgehead atoms. The largest absolute Gasteiger partial charge is 0.354 e. The lowest BCUT2D eigenvalue weighted by molar-refractivity contribution is 0.0958. The van der Waals surface area contributed by atoms with Crippen molar-refractivity contribution in [1.29, 1.82) is 0 Å². The fraction of sp³-hybridized carbons (Fsp3) is 0.0769. The molecule has 10 heteroatoms. The van der Waals surface area contributed by atoms with Crippen LogP contribution in [0.5, 0.6) is 0 Å². The van der Waals surface area contributed by atoms with Gasteiger partial charge >= 0.3 is 0 Å². The predicted molar refractivity (Wildman–Crippen MR) is 87.5 cm³/mol. The Hall–Kier alpha value is -1.77. The first-order chi connectivity index (χ1) is 10.8. The highest BCUT2D eigenvalue weighted by molar-refractivity contribution is 9.10. The maximum absolute atomic E-state index is 14.0. The van der Waals surface area contributed by atoms with E-state index in [2.05, 4.69) is 36.8 Å². The number of nitrogens with one attached hydrogen (secondary N) is 2. The van der Waals surface area contributed by atoms with E-state index in [0.29, 0.717) is 4.47 Å². The van der Waals surface area contributed by atoms with Crippen molar-refractivity contribution in [2.24, 2.45) is 0 Å². The summed E-state index contributed by atoms with van der Waals surface area (Å²) in [6.45, 7) is 0. The van der Waals surface area contributed by atoms with Crippen LogP contribution in [0.3, 0.4) is 0 Å². The van der Waals surface area contributed by atoms with E-state index < -0.39 is 17.6 Å². The molecule has 1 aromatic carbocycles. The molecule has 0 radical (unpaired) electrons. The number of halogens is 4. The SMILES string of the molecule is CNC(=O)c1nnc(Cl)cc1NC(=O)c1c(F)cc(Br)cc1Cl. The number of rotatable bonds is 3. The second-order valence-corrected chi connectivity index (χ2v) is 5.92. The quantitative estimate of drug-likeness (QED) is 0.796. The van der Waals surface area contributed by atoms with Crippen LogP contribution in [-0.2, 0) is 0 Å². The molecule has 6 nitrogen and oxygen atoms in total. The Morgan fingerprint density at radius 2 is 1.87 bits per heavy atom. The topological polar surface area (TPSA) is 84.0 Å². The van der Waals surface area contributed by atoms with Gasteiger partial charge in [0.2, 0.25) is 0 Å². The number of aromatic nitrogens is 2. The summed E-state index contributed by atoms with van der Waals surface area (Å²) in [6.07, 6.45) is 0. The van der Waals surface area contributed by atoms with Crippen molar-refractivity contribution in [1.82, 2.24) is 15.5 Å². The summed E-state index contributed by atoms with van der Waals surface area (Å²) in [7, 11) is 1.38. The third-order valence-electron chi connectivity index (χ3n) is 2.69. The van der Waals surface area contributed by atoms with Gasteiger partial charge in [0.25, 0.3) is 11.8 Å². The molecule has 0 unspecified atom stereocenters. The number of carbonyl (C=O) groups excluding carboxylic acids is 2. The third kappa shape index (κ3) is 3.95. The highest BCUT2D eigenvalue weighted by atomic mass is 79.9. The number of amides is 2. The van der Waals surface area contributed by atoms with E-state index in [-0.39, 0.29) is 27.1 Å². The lowest BCUT2D eigenvalue weighted by Gasteiger charge is -2.11. The van der Waals surface area contributed by atoms with E-state index in [1.54, 1.807) is 0 Å². The molecule has 120 valence electrons. The zero-order valence-electron chi connectivity index (χ0n) is 11.5. The first-order valence-electron chi connectivity index (χ1n) is 6.04. The number of benzene rings is 1. The van der Waals surface area contributed by atoms with Crippen LogP contribution in [0.1, 0.15) is 20.8 Å². The van der Waals surface area contributed by atoms with E-state index in [1.807, 2.05) is 0 Å². The van der Waals surface area contributed by atoms with E-state index in [4.69, 9.17) is 23.2 Å². The van der Waals surface area contributed by atoms with Crippen molar-refractivity contribution < 1.29 is 14.0 Å². The summed E-state index contributed by atoms with van der Waals surface area (Å²) >= 11 is 14.7. The maximum Gasteiger partial charge on any atom is 0.273 e. The van der Waals surface area contributed by atoms with Crippen LogP contribution in [0.4, 0.5) is 10.1 Å². The lowest BCUT2D eigenvalue weighted by atomic mass is 10.2. The van der Waals surface area contributed by atoms with Crippen LogP contribution < -0.4 is 10.6 Å². The van der Waals surface area contributed by atoms with Crippen molar-refractivity contribution in [2.45, 2.75) is 0 Å². The lowest BCUT2D eigenvalue weighted by Crippen LogP contribution is -2.24. The molecule has 0 aliphatic rings. The normalized spacial score (nSPS) is 10.3. The minimum Gasteiger partial charge on any atom is -0.354 e. The van der Waals surface area contributed by atoms with Gasteiger partial charge in [-0.15, -0.1) is 10.2 Å². The van der Waals surface area contributed by atoms with Crippen LogP contribution in [0, 0.1) is 5.82 Å². The van der Waals surface area contributed by atoms with Gasteiger partial charge < -0.3 is 10.6 Å². The molecular formula is C13H8BrCl2FN4O2. The summed E-state index contributed by atoms with van der Waals surface area (Å²) in [4.78, 5) is 24.0. The van der Waals surface area contributed by atoms with E-state index >= 15 is 0 Å². The highest BCUT2D eigenvalue weighted by Crippen LogP contribution is 2.26. The number of anilines is 1. The number of carbonyl (C=O) groups is 2. The Balaban J connectivity index is 2.42. The van der Waals surface area contributed by atoms with Gasteiger partial charge in [0.1, 0.15) is 5.82 Å². The van der Waals surface area contributed by atoms with Gasteiger partial charge in [-0.1, -0.05) is 39.1 Å². The standard InChI is InChI=1S/C13H8BrCl2FN4O2/c1-18-13(23)11-8(4-9(16)20-21-11)19-12(22)10-6(15)2-5(14)3-7(10)17/h2-4H,1H3,(H,18,23)(H,19,20,22). The summed E-state index contributed by atoms with van der Waals surface area (Å²) in [5.41, 5.74) is -0.558. The number of nitrogens with zero attached hydrogens (tertiary/aromatic N) is 2. The Morgan fingerprint density at radius 3 is 2.48 bits per heavy atom. The molecule has 2 aromatic rings. The average Bonchev–Trinajstić information content (AvgIpc) is 2.45. The van der Waals surface area contributed by atoms with Gasteiger partial charge in [0.05, 0.1) is 16.3 Å². The third-order valence-corrected chi connectivity index (χ3v) is 3.63. The first-order valence-corrected chi connectivity index (χ1v) is 7.59. The monoisotopic (exact) mass is 420 g/mol. The second kappa shape index (κ2) is 7.20. The molecule has 23 heavy (non-hydrogen) atoms. The van der Waals surface area contributed by atoms with Crippen molar-refractivity contribution in [2.75, 3.05) is 12.4 Å². The van der Waals surface area contributed by atoms with Crippen molar-refractivity contribution >= 4 is 56.6 Å². The van der Waals surface area contributed by atoms with Gasteiger partial charge in [-0.2, -0.15) is 0 Å². The number of hydrogen-bond acceptors (Lipinski definition) is 4. The molecule has 1 aromatic heterocycles. The Kier molecular flexibility index (Phi) is 5.51. The van der Waals surface area contributed by atoms with E-state index in [1.165, 1.54) is 19.2 Å². The van der Waals surface area contributed by atoms with Crippen molar-refractivity contribution in [3.8, 4) is 0 Å². The fourth-order valence-electron chi connectivity index (χ4n) is 1.69. The van der Waals surface area contributed by atoms with Crippen LogP contribution in [0.2, 0.25) is 10.2 Å². The summed E-state index contributed by atoms with van der Waals surface area (Å²) < 4.78 is 14.3. The Bertz CT molecular complexity index is 781. The van der Waals surface area contributed by atoms with Crippen LogP contribution >= 0.6 is 39.1 Å². The molecule has 0 aliphatic carbocycles. The maximum atomic E-state index is 14.0. The smallest absolute Gasteiger partial charge is 0.273 e. The van der Waals surface area contributed by atoms with Gasteiger partial charge in [0, 0.05) is 17.6 Å². The van der Waals surface area contributed by atoms with Crippen LogP contribution in [0.25, 0.3) is 0 Å². The first kappa shape index (κ1) is 17.6. The molecule has 0 atom stereocenters. The molecule has 0 fully saturated rings. The fourth-order valence-corrected chi connectivity index (χ4v) is 2.70. The van der Waals surface area contributed by atoms with Gasteiger partial charge in [-0.25, -0.2) is 4.39 Å². The zero-order chi connectivity index (χ0) is 17.1. The highest BCUT2D eigenvalue weighted by Gasteiger charge is 2.21. The molecule has 2 amide bonds. The number of hydrogen-bond donors (Lipinski definition) is 2. The predicted octanol–water partition coefficient (Wildman–Crippen LogP) is 3.30. The molecule has 2 N–H and O–H groups in total. The molecule has 1 heterocycles. The molecule has 0 aliphatic heterocycles. The van der Waals surface area contributed by atoms with Gasteiger partial charge in [-0.3, -0.25) is 9.59 Å². The van der Waals surface area contributed by atoms with Gasteiger partial charge in [-0.05, 0) is 12.1 Å². The van der Waals surface area contributed by atoms with E-state index in [9.17, 15) is 14.0 Å². The van der Waals surface area contributed by atoms with Crippen LogP contribution in [0.15, 0.2) is 22.7 Å².